The maximum Gasteiger partial charge on any atom is 0.338 e. The monoisotopic (exact) mass is 477 g/mol. The highest BCUT2D eigenvalue weighted by atomic mass is 16.5. The first-order valence-electron chi connectivity index (χ1n) is 10.5. The number of esters is 3. The molecule has 3 rings (SSSR count). The Kier molecular flexibility index (Phi) is 8.18. The molecule has 35 heavy (non-hydrogen) atoms. The quantitative estimate of drug-likeness (QED) is 0.373. The largest absolute Gasteiger partial charge is 0.465 e. The van der Waals surface area contributed by atoms with Gasteiger partial charge in [0.05, 0.1) is 43.2 Å². The molecule has 0 aliphatic rings. The summed E-state index contributed by atoms with van der Waals surface area (Å²) in [5, 5.41) is 2.75. The Hall–Kier alpha value is -4.66. The van der Waals surface area contributed by atoms with Crippen molar-refractivity contribution in [2.75, 3.05) is 26.1 Å². The fraction of sp³-hybridized carbons (Fsp3) is 0.154. The van der Waals surface area contributed by atoms with E-state index in [1.807, 2.05) is 0 Å². The molecule has 0 radical (unpaired) electrons. The number of hydrogen-bond acceptors (Lipinski definition) is 8. The van der Waals surface area contributed by atoms with Crippen molar-refractivity contribution in [3.05, 3.63) is 89.0 Å². The molecule has 9 heteroatoms. The molecular formula is C26H23NO8. The minimum absolute atomic E-state index is 0.0229. The molecule has 3 aromatic rings. The molecule has 0 spiro atoms. The van der Waals surface area contributed by atoms with E-state index in [1.54, 1.807) is 49.4 Å². The van der Waals surface area contributed by atoms with Crippen LogP contribution in [0.25, 0.3) is 0 Å². The van der Waals surface area contributed by atoms with Crippen molar-refractivity contribution in [2.24, 2.45) is 0 Å². The van der Waals surface area contributed by atoms with E-state index in [0.29, 0.717) is 5.69 Å². The molecule has 3 aromatic carbocycles. The van der Waals surface area contributed by atoms with Crippen molar-refractivity contribution in [3.63, 3.8) is 0 Å². The van der Waals surface area contributed by atoms with Gasteiger partial charge in [0.15, 0.2) is 5.75 Å². The molecule has 1 N–H and O–H groups in total. The molecule has 9 nitrogen and oxygen atoms in total. The van der Waals surface area contributed by atoms with Crippen molar-refractivity contribution >= 4 is 29.5 Å². The summed E-state index contributed by atoms with van der Waals surface area (Å²) in [5.41, 5.74) is 0.838. The summed E-state index contributed by atoms with van der Waals surface area (Å²) in [7, 11) is 2.40. The zero-order chi connectivity index (χ0) is 25.4. The van der Waals surface area contributed by atoms with Gasteiger partial charge in [0, 0.05) is 5.56 Å². The molecule has 0 aliphatic heterocycles. The third kappa shape index (κ3) is 6.02. The topological polar surface area (TPSA) is 117 Å². The van der Waals surface area contributed by atoms with Crippen LogP contribution in [0.1, 0.15) is 48.4 Å². The lowest BCUT2D eigenvalue weighted by Crippen LogP contribution is -2.14. The van der Waals surface area contributed by atoms with Crippen molar-refractivity contribution in [3.8, 4) is 11.5 Å². The van der Waals surface area contributed by atoms with Crippen molar-refractivity contribution in [1.82, 2.24) is 0 Å². The fourth-order valence-electron chi connectivity index (χ4n) is 3.14. The van der Waals surface area contributed by atoms with Crippen LogP contribution in [0.5, 0.6) is 11.5 Å². The van der Waals surface area contributed by atoms with Gasteiger partial charge in [-0.15, -0.1) is 0 Å². The van der Waals surface area contributed by atoms with Crippen molar-refractivity contribution in [1.29, 1.82) is 0 Å². The van der Waals surface area contributed by atoms with E-state index < -0.39 is 23.8 Å². The smallest absolute Gasteiger partial charge is 0.338 e. The summed E-state index contributed by atoms with van der Waals surface area (Å²) < 4.78 is 20.3. The van der Waals surface area contributed by atoms with E-state index in [4.69, 9.17) is 18.9 Å². The predicted octanol–water partition coefficient (Wildman–Crippen LogP) is 4.48. The highest BCUT2D eigenvalue weighted by Crippen LogP contribution is 2.31. The van der Waals surface area contributed by atoms with E-state index in [-0.39, 0.29) is 40.4 Å². The number of methoxy groups -OCH3 is 2. The zero-order valence-corrected chi connectivity index (χ0v) is 19.3. The summed E-state index contributed by atoms with van der Waals surface area (Å²) in [4.78, 5) is 49.0. The van der Waals surface area contributed by atoms with E-state index in [9.17, 15) is 19.2 Å². The number of carbonyl (C=O) groups is 4. The van der Waals surface area contributed by atoms with E-state index in [1.165, 1.54) is 38.5 Å². The van der Waals surface area contributed by atoms with Gasteiger partial charge in [-0.3, -0.25) is 4.79 Å². The van der Waals surface area contributed by atoms with Crippen LogP contribution in [0.3, 0.4) is 0 Å². The van der Waals surface area contributed by atoms with Gasteiger partial charge in [-0.1, -0.05) is 18.2 Å². The molecule has 0 aromatic heterocycles. The van der Waals surface area contributed by atoms with Crippen LogP contribution in [0.2, 0.25) is 0 Å². The van der Waals surface area contributed by atoms with Crippen LogP contribution in [0.15, 0.2) is 66.7 Å². The molecule has 0 fully saturated rings. The molecule has 0 heterocycles. The lowest BCUT2D eigenvalue weighted by Gasteiger charge is -2.14. The predicted molar refractivity (Wildman–Crippen MR) is 126 cm³/mol. The van der Waals surface area contributed by atoms with E-state index in [2.05, 4.69) is 5.32 Å². The number of para-hydroxylation sites is 2. The third-order valence-electron chi connectivity index (χ3n) is 4.80. The normalized spacial score (nSPS) is 10.1. The Balaban J connectivity index is 1.86. The van der Waals surface area contributed by atoms with Crippen LogP contribution in [0.4, 0.5) is 5.69 Å². The molecule has 0 atom stereocenters. The van der Waals surface area contributed by atoms with Crippen LogP contribution in [-0.4, -0.2) is 44.6 Å². The Labute approximate surface area is 201 Å². The summed E-state index contributed by atoms with van der Waals surface area (Å²) in [6.45, 7) is 1.92. The van der Waals surface area contributed by atoms with Gasteiger partial charge in [-0.25, -0.2) is 14.4 Å². The molecule has 0 unspecified atom stereocenters. The highest BCUT2D eigenvalue weighted by molar-refractivity contribution is 6.06. The van der Waals surface area contributed by atoms with Crippen molar-refractivity contribution < 1.29 is 38.1 Å². The van der Waals surface area contributed by atoms with Gasteiger partial charge >= 0.3 is 17.9 Å². The van der Waals surface area contributed by atoms with Gasteiger partial charge in [-0.2, -0.15) is 0 Å². The second kappa shape index (κ2) is 11.5. The minimum atomic E-state index is -0.737. The Morgan fingerprint density at radius 1 is 0.743 bits per heavy atom. The van der Waals surface area contributed by atoms with Gasteiger partial charge in [0.1, 0.15) is 5.75 Å². The second-order valence-electron chi connectivity index (χ2n) is 7.04. The first-order chi connectivity index (χ1) is 16.9. The van der Waals surface area contributed by atoms with Gasteiger partial charge in [-0.05, 0) is 55.5 Å². The van der Waals surface area contributed by atoms with Crippen LogP contribution >= 0.6 is 0 Å². The number of nitrogens with one attached hydrogen (secondary N) is 1. The second-order valence-corrected chi connectivity index (χ2v) is 7.04. The van der Waals surface area contributed by atoms with E-state index >= 15 is 0 Å². The van der Waals surface area contributed by atoms with Gasteiger partial charge in [0.2, 0.25) is 0 Å². The Morgan fingerprint density at radius 2 is 1.43 bits per heavy atom. The lowest BCUT2D eigenvalue weighted by atomic mass is 10.1. The summed E-state index contributed by atoms with van der Waals surface area (Å²) in [5.74, 6) is -1.92. The first kappa shape index (κ1) is 25.0. The number of carbonyl (C=O) groups excluding carboxylic acids is 4. The average molecular weight is 477 g/mol. The summed E-state index contributed by atoms with van der Waals surface area (Å²) >= 11 is 0. The minimum Gasteiger partial charge on any atom is -0.465 e. The number of anilines is 1. The molecule has 0 saturated carbocycles. The first-order valence-corrected chi connectivity index (χ1v) is 10.5. The lowest BCUT2D eigenvalue weighted by molar-refractivity contribution is 0.0525. The Bertz CT molecular complexity index is 1270. The van der Waals surface area contributed by atoms with E-state index in [0.717, 1.165) is 0 Å². The zero-order valence-electron chi connectivity index (χ0n) is 19.3. The molecule has 0 bridgehead atoms. The van der Waals surface area contributed by atoms with Crippen LogP contribution in [0, 0.1) is 0 Å². The molecular weight excluding hydrogens is 454 g/mol. The number of hydrogen-bond donors (Lipinski definition) is 1. The molecule has 0 saturated heterocycles. The van der Waals surface area contributed by atoms with Gasteiger partial charge in [0.25, 0.3) is 5.91 Å². The summed E-state index contributed by atoms with van der Waals surface area (Å²) in [6, 6.07) is 17.0. The van der Waals surface area contributed by atoms with Crippen LogP contribution in [-0.2, 0) is 14.2 Å². The third-order valence-corrected chi connectivity index (χ3v) is 4.80. The molecule has 180 valence electrons. The maximum atomic E-state index is 12.9. The van der Waals surface area contributed by atoms with Crippen LogP contribution < -0.4 is 10.1 Å². The van der Waals surface area contributed by atoms with Gasteiger partial charge < -0.3 is 24.3 Å². The number of ether oxygens (including phenoxy) is 4. The number of rotatable bonds is 8. The molecule has 0 aliphatic carbocycles. The number of benzene rings is 3. The average Bonchev–Trinajstić information content (AvgIpc) is 2.89. The highest BCUT2D eigenvalue weighted by Gasteiger charge is 2.20. The maximum absolute atomic E-state index is 12.9. The molecule has 1 amide bonds. The standard InChI is InChI=1S/C26H23NO8/c1-4-34-24(29)17-9-7-8-16(14-17)23(28)27-21-10-5-6-11-22(21)35-18-12-13-19(25(30)32-2)20(15-18)26(31)33-3/h5-15H,4H2,1-3H3,(H,27,28). The summed E-state index contributed by atoms with van der Waals surface area (Å²) in [6.07, 6.45) is 0. The van der Waals surface area contributed by atoms with Crippen molar-refractivity contribution in [2.45, 2.75) is 6.92 Å². The SMILES string of the molecule is CCOC(=O)c1cccc(C(=O)Nc2ccccc2Oc2ccc(C(=O)OC)c(C(=O)OC)c2)c1. The Morgan fingerprint density at radius 3 is 2.14 bits per heavy atom. The fourth-order valence-corrected chi connectivity index (χ4v) is 3.14. The number of amides is 1.